The molecular formula is C26H38N4O3. The summed E-state index contributed by atoms with van der Waals surface area (Å²) >= 11 is 0. The largest absolute Gasteiger partial charge is 0.346 e. The Morgan fingerprint density at radius 1 is 1.15 bits per heavy atom. The zero-order valence-electron chi connectivity index (χ0n) is 20.4. The SMILES string of the molecule is CC(C)CCC(=O)N[C@@H](CC(=O)N1CCCC[C@@H]1C)C(=O)C[C@H](C)c1nc2ccccc2[nH]1. The van der Waals surface area contributed by atoms with E-state index in [1.54, 1.807) is 0 Å². The number of aromatic amines is 1. The smallest absolute Gasteiger partial charge is 0.225 e. The third-order valence-corrected chi connectivity index (χ3v) is 6.56. The first kappa shape index (κ1) is 24.9. The van der Waals surface area contributed by atoms with E-state index in [4.69, 9.17) is 0 Å². The molecule has 3 rings (SSSR count). The van der Waals surface area contributed by atoms with Gasteiger partial charge in [0.05, 0.1) is 23.5 Å². The molecule has 3 atom stereocenters. The number of hydrogen-bond acceptors (Lipinski definition) is 4. The minimum atomic E-state index is -0.807. The fourth-order valence-electron chi connectivity index (χ4n) is 4.44. The number of Topliss-reactive ketones (excluding diaryl/α,β-unsaturated/α-hetero) is 1. The molecule has 33 heavy (non-hydrogen) atoms. The van der Waals surface area contributed by atoms with Gasteiger partial charge in [-0.1, -0.05) is 32.9 Å². The van der Waals surface area contributed by atoms with Gasteiger partial charge >= 0.3 is 0 Å². The van der Waals surface area contributed by atoms with Crippen LogP contribution in [0.25, 0.3) is 11.0 Å². The normalized spacial score (nSPS) is 18.3. The highest BCUT2D eigenvalue weighted by Crippen LogP contribution is 2.22. The van der Waals surface area contributed by atoms with Gasteiger partial charge in [0.15, 0.2) is 5.78 Å². The number of ketones is 1. The number of carbonyl (C=O) groups excluding carboxylic acids is 3. The van der Waals surface area contributed by atoms with Crippen LogP contribution >= 0.6 is 0 Å². The fraction of sp³-hybridized carbons (Fsp3) is 0.615. The average Bonchev–Trinajstić information content (AvgIpc) is 3.22. The number of nitrogens with one attached hydrogen (secondary N) is 2. The maximum atomic E-state index is 13.3. The summed E-state index contributed by atoms with van der Waals surface area (Å²) in [5.41, 5.74) is 1.79. The summed E-state index contributed by atoms with van der Waals surface area (Å²) in [5.74, 6) is 0.640. The lowest BCUT2D eigenvalue weighted by atomic mass is 9.96. The zero-order chi connectivity index (χ0) is 24.0. The zero-order valence-corrected chi connectivity index (χ0v) is 20.4. The Morgan fingerprint density at radius 2 is 1.91 bits per heavy atom. The van der Waals surface area contributed by atoms with E-state index < -0.39 is 6.04 Å². The Labute approximate surface area is 196 Å². The van der Waals surface area contributed by atoms with Gasteiger partial charge in [-0.3, -0.25) is 14.4 Å². The molecule has 0 bridgehead atoms. The maximum Gasteiger partial charge on any atom is 0.225 e. The Bertz CT molecular complexity index is 934. The number of nitrogens with zero attached hydrogens (tertiary/aromatic N) is 2. The number of aromatic nitrogens is 2. The van der Waals surface area contributed by atoms with Gasteiger partial charge in [-0.05, 0) is 50.7 Å². The molecule has 2 aromatic rings. The van der Waals surface area contributed by atoms with Crippen LogP contribution in [0.4, 0.5) is 0 Å². The van der Waals surface area contributed by atoms with Gasteiger partial charge < -0.3 is 15.2 Å². The molecule has 2 heterocycles. The van der Waals surface area contributed by atoms with Crippen molar-refractivity contribution in [1.82, 2.24) is 20.2 Å². The van der Waals surface area contributed by atoms with Crippen molar-refractivity contribution in [3.63, 3.8) is 0 Å². The number of fused-ring (bicyclic) bond motifs is 1. The molecule has 2 amide bonds. The molecule has 1 saturated heterocycles. The number of para-hydroxylation sites is 2. The van der Waals surface area contributed by atoms with Crippen LogP contribution in [0.1, 0.15) is 84.4 Å². The summed E-state index contributed by atoms with van der Waals surface area (Å²) in [6, 6.07) is 7.12. The van der Waals surface area contributed by atoms with Gasteiger partial charge in [0.1, 0.15) is 5.82 Å². The summed E-state index contributed by atoms with van der Waals surface area (Å²) < 4.78 is 0. The number of carbonyl (C=O) groups is 3. The van der Waals surface area contributed by atoms with Gasteiger partial charge in [0.25, 0.3) is 0 Å². The molecule has 1 aromatic carbocycles. The Balaban J connectivity index is 1.69. The van der Waals surface area contributed by atoms with Crippen LogP contribution in [0.2, 0.25) is 0 Å². The molecule has 1 fully saturated rings. The van der Waals surface area contributed by atoms with Gasteiger partial charge in [-0.25, -0.2) is 4.98 Å². The fourth-order valence-corrected chi connectivity index (χ4v) is 4.44. The second-order valence-corrected chi connectivity index (χ2v) is 9.90. The second kappa shape index (κ2) is 11.4. The molecule has 2 N–H and O–H groups in total. The highest BCUT2D eigenvalue weighted by atomic mass is 16.2. The molecule has 0 saturated carbocycles. The van der Waals surface area contributed by atoms with Crippen molar-refractivity contribution >= 4 is 28.6 Å². The van der Waals surface area contributed by atoms with Gasteiger partial charge in [-0.15, -0.1) is 0 Å². The number of H-pyrrole nitrogens is 1. The number of imidazole rings is 1. The molecule has 0 spiro atoms. The molecule has 1 aromatic heterocycles. The average molecular weight is 455 g/mol. The summed E-state index contributed by atoms with van der Waals surface area (Å²) in [7, 11) is 0. The van der Waals surface area contributed by atoms with Crippen molar-refractivity contribution in [2.75, 3.05) is 6.54 Å². The van der Waals surface area contributed by atoms with Crippen LogP contribution in [0.3, 0.4) is 0 Å². The molecule has 1 aliphatic heterocycles. The topological polar surface area (TPSA) is 95.2 Å². The molecule has 7 nitrogen and oxygen atoms in total. The number of piperidine rings is 1. The van der Waals surface area contributed by atoms with Crippen LogP contribution in [-0.2, 0) is 14.4 Å². The second-order valence-electron chi connectivity index (χ2n) is 9.90. The Kier molecular flexibility index (Phi) is 8.64. The summed E-state index contributed by atoms with van der Waals surface area (Å²) in [4.78, 5) is 48.6. The van der Waals surface area contributed by atoms with Crippen molar-refractivity contribution < 1.29 is 14.4 Å². The van der Waals surface area contributed by atoms with Crippen molar-refractivity contribution in [3.05, 3.63) is 30.1 Å². The Morgan fingerprint density at radius 3 is 2.61 bits per heavy atom. The lowest BCUT2D eigenvalue weighted by Gasteiger charge is -2.34. The van der Waals surface area contributed by atoms with E-state index in [9.17, 15) is 14.4 Å². The maximum absolute atomic E-state index is 13.3. The summed E-state index contributed by atoms with van der Waals surface area (Å²) in [6.45, 7) is 8.84. The first-order valence-corrected chi connectivity index (χ1v) is 12.3. The number of amides is 2. The summed E-state index contributed by atoms with van der Waals surface area (Å²) in [6.07, 6.45) is 4.41. The van der Waals surface area contributed by atoms with Gasteiger partial charge in [-0.2, -0.15) is 0 Å². The van der Waals surface area contributed by atoms with Crippen molar-refractivity contribution in [1.29, 1.82) is 0 Å². The third-order valence-electron chi connectivity index (χ3n) is 6.56. The summed E-state index contributed by atoms with van der Waals surface area (Å²) in [5, 5.41) is 2.87. The molecule has 0 aliphatic carbocycles. The van der Waals surface area contributed by atoms with Crippen LogP contribution in [-0.4, -0.2) is 51.1 Å². The van der Waals surface area contributed by atoms with Gasteiger partial charge in [0, 0.05) is 31.3 Å². The highest BCUT2D eigenvalue weighted by Gasteiger charge is 2.30. The number of rotatable bonds is 10. The Hall–Kier alpha value is -2.70. The van der Waals surface area contributed by atoms with E-state index >= 15 is 0 Å². The molecule has 180 valence electrons. The third kappa shape index (κ3) is 6.89. The minimum absolute atomic E-state index is 0.0173. The minimum Gasteiger partial charge on any atom is -0.346 e. The van der Waals surface area contributed by atoms with E-state index in [0.717, 1.165) is 49.1 Å². The molecular weight excluding hydrogens is 416 g/mol. The van der Waals surface area contributed by atoms with E-state index in [-0.39, 0.29) is 42.4 Å². The van der Waals surface area contributed by atoms with Crippen LogP contribution in [0, 0.1) is 5.92 Å². The molecule has 0 unspecified atom stereocenters. The van der Waals surface area contributed by atoms with Crippen molar-refractivity contribution in [2.24, 2.45) is 5.92 Å². The quantitative estimate of drug-likeness (QED) is 0.558. The number of likely N-dealkylation sites (tertiary alicyclic amines) is 1. The van der Waals surface area contributed by atoms with E-state index in [2.05, 4.69) is 36.1 Å². The predicted octanol–water partition coefficient (Wildman–Crippen LogP) is 4.34. The highest BCUT2D eigenvalue weighted by molar-refractivity contribution is 5.93. The lowest BCUT2D eigenvalue weighted by molar-refractivity contribution is -0.138. The molecule has 1 aliphatic rings. The van der Waals surface area contributed by atoms with Gasteiger partial charge in [0.2, 0.25) is 11.8 Å². The molecule has 7 heteroatoms. The lowest BCUT2D eigenvalue weighted by Crippen LogP contribution is -2.48. The van der Waals surface area contributed by atoms with Crippen LogP contribution in [0.5, 0.6) is 0 Å². The van der Waals surface area contributed by atoms with E-state index in [1.807, 2.05) is 36.1 Å². The van der Waals surface area contributed by atoms with Crippen molar-refractivity contribution in [3.8, 4) is 0 Å². The van der Waals surface area contributed by atoms with Crippen LogP contribution < -0.4 is 5.32 Å². The van der Waals surface area contributed by atoms with Crippen molar-refractivity contribution in [2.45, 2.75) is 90.6 Å². The number of hydrogen-bond donors (Lipinski definition) is 2. The van der Waals surface area contributed by atoms with E-state index in [0.29, 0.717) is 12.3 Å². The molecule has 0 radical (unpaired) electrons. The monoisotopic (exact) mass is 454 g/mol. The first-order chi connectivity index (χ1) is 15.7. The van der Waals surface area contributed by atoms with E-state index in [1.165, 1.54) is 0 Å². The number of benzene rings is 1. The standard InChI is InChI=1S/C26H38N4O3/c1-17(2)12-13-24(32)27-22(16-25(33)30-14-8-7-9-19(30)4)23(31)15-18(3)26-28-20-10-5-6-11-21(20)29-26/h5-6,10-11,17-19,22H,7-9,12-16H2,1-4H3,(H,27,32)(H,28,29)/t18-,19-,22-/m0/s1. The van der Waals surface area contributed by atoms with Crippen LogP contribution in [0.15, 0.2) is 24.3 Å². The first-order valence-electron chi connectivity index (χ1n) is 12.3. The predicted molar refractivity (Wildman–Crippen MR) is 130 cm³/mol.